The Morgan fingerprint density at radius 1 is 0.420 bits per heavy atom. The Bertz CT molecular complexity index is 2560. The van der Waals surface area contributed by atoms with Gasteiger partial charge in [-0.3, -0.25) is 0 Å². The van der Waals surface area contributed by atoms with Crippen molar-refractivity contribution in [3.05, 3.63) is 144 Å². The lowest BCUT2D eigenvalue weighted by atomic mass is 9.95. The first-order valence-corrected chi connectivity index (χ1v) is 26.0. The first-order valence-electron chi connectivity index (χ1n) is 26.0. The normalized spacial score (nSPS) is 34.2. The molecule has 0 aliphatic carbocycles. The second kappa shape index (κ2) is 29.0. The number of nitrogens with zero attached hydrogens (tertiary/aromatic N) is 1. The fraction of sp³-hybridized carbons (Fsp3) is 0.509. The van der Waals surface area contributed by atoms with Crippen LogP contribution in [0, 0.1) is 0 Å². The van der Waals surface area contributed by atoms with E-state index in [0.29, 0.717) is 5.56 Å². The average Bonchev–Trinajstić information content (AvgIpc) is 3.47. The average molecular weight is 1140 g/mol. The first kappa shape index (κ1) is 61.4. The third kappa shape index (κ3) is 15.7. The van der Waals surface area contributed by atoms with Crippen LogP contribution in [0.1, 0.15) is 22.3 Å². The van der Waals surface area contributed by atoms with E-state index in [4.69, 9.17) is 52.1 Å². The number of aliphatic carboxylic acids is 2. The quantitative estimate of drug-likeness (QED) is 0.0390. The van der Waals surface area contributed by atoms with Gasteiger partial charge in [-0.15, -0.1) is 0 Å². The second-order valence-electron chi connectivity index (χ2n) is 19.6. The summed E-state index contributed by atoms with van der Waals surface area (Å²) in [7, 11) is 0. The standard InChI is InChI=1S/C55H67NO25/c57-35-36(58)47(49(66)67)80-53(39(35)61)77-45-34(28-72-25-31-17-9-3-10-18-31)76-52(41(63)38(45)60)79-46-42(64)48(50(68)69)81-54(43(46)65)78-44-33(27-71-24-30-15-7-2-8-16-30)75-51(40(62)37(44)59)73-22-21-56(23-29-13-5-1-6-14-29)55(70)74-26-32-19-11-4-12-20-32/h1-20,33-48,51-54,57-65H,21-28H2,(H,66,67)(H,68,69)/t33-,34-,35+,36+,37-,38-,39-,40-,41-,42+,43-,44-,45-,46+,47+,48+,51-,52+,53-,54-/m1/s1. The van der Waals surface area contributed by atoms with Crippen molar-refractivity contribution >= 4 is 18.0 Å². The maximum absolute atomic E-state index is 13.5. The number of carboxylic acids is 2. The third-order valence-corrected chi connectivity index (χ3v) is 13.9. The molecule has 0 saturated carbocycles. The van der Waals surface area contributed by atoms with Gasteiger partial charge in [-0.05, 0) is 22.3 Å². The molecule has 0 unspecified atom stereocenters. The largest absolute Gasteiger partial charge is 0.479 e. The number of carbonyl (C=O) groups is 3. The van der Waals surface area contributed by atoms with Gasteiger partial charge in [-0.1, -0.05) is 121 Å². The van der Waals surface area contributed by atoms with Crippen LogP contribution < -0.4 is 0 Å². The van der Waals surface area contributed by atoms with Gasteiger partial charge in [-0.25, -0.2) is 14.4 Å². The molecule has 0 spiro atoms. The van der Waals surface area contributed by atoms with E-state index < -0.39 is 147 Å². The van der Waals surface area contributed by atoms with E-state index in [1.807, 2.05) is 24.3 Å². The number of aliphatic hydroxyl groups is 9. The summed E-state index contributed by atoms with van der Waals surface area (Å²) in [6.07, 6.45) is -40.7. The van der Waals surface area contributed by atoms with Gasteiger partial charge in [0.1, 0.15) is 92.1 Å². The summed E-state index contributed by atoms with van der Waals surface area (Å²) in [6, 6.07) is 35.6. The van der Waals surface area contributed by atoms with Crippen molar-refractivity contribution in [1.82, 2.24) is 4.90 Å². The molecule has 4 aromatic carbocycles. The minimum absolute atomic E-state index is 0.00479. The van der Waals surface area contributed by atoms with Crippen LogP contribution in [-0.2, 0) is 88.1 Å². The van der Waals surface area contributed by atoms with E-state index in [2.05, 4.69) is 0 Å². The summed E-state index contributed by atoms with van der Waals surface area (Å²) in [4.78, 5) is 39.4. The van der Waals surface area contributed by atoms with E-state index in [1.54, 1.807) is 97.1 Å². The van der Waals surface area contributed by atoms with E-state index in [-0.39, 0.29) is 46.1 Å². The van der Waals surface area contributed by atoms with Gasteiger partial charge in [0.2, 0.25) is 0 Å². The molecule has 26 nitrogen and oxygen atoms in total. The monoisotopic (exact) mass is 1140 g/mol. The molecule has 442 valence electrons. The molecule has 0 radical (unpaired) electrons. The molecule has 81 heavy (non-hydrogen) atoms. The summed E-state index contributed by atoms with van der Waals surface area (Å²) in [5.74, 6) is -3.54. The highest BCUT2D eigenvalue weighted by molar-refractivity contribution is 5.74. The lowest BCUT2D eigenvalue weighted by molar-refractivity contribution is -0.386. The Balaban J connectivity index is 0.983. The highest BCUT2D eigenvalue weighted by Crippen LogP contribution is 2.35. The van der Waals surface area contributed by atoms with Gasteiger partial charge >= 0.3 is 18.0 Å². The van der Waals surface area contributed by atoms with E-state index in [9.17, 15) is 70.6 Å². The van der Waals surface area contributed by atoms with Crippen LogP contribution >= 0.6 is 0 Å². The van der Waals surface area contributed by atoms with Gasteiger partial charge in [0.05, 0.1) is 33.0 Å². The molecule has 0 bridgehead atoms. The first-order chi connectivity index (χ1) is 39.0. The second-order valence-corrected chi connectivity index (χ2v) is 19.6. The van der Waals surface area contributed by atoms with Crippen molar-refractivity contribution in [1.29, 1.82) is 0 Å². The summed E-state index contributed by atoms with van der Waals surface area (Å²) in [6.45, 7) is -1.23. The van der Waals surface area contributed by atoms with Crippen molar-refractivity contribution in [3.8, 4) is 0 Å². The zero-order chi connectivity index (χ0) is 57.7. The van der Waals surface area contributed by atoms with Crippen LogP contribution in [0.4, 0.5) is 4.79 Å². The molecule has 26 heteroatoms. The highest BCUT2D eigenvalue weighted by Gasteiger charge is 2.57. The lowest BCUT2D eigenvalue weighted by Gasteiger charge is -2.49. The van der Waals surface area contributed by atoms with Crippen molar-refractivity contribution in [2.75, 3.05) is 26.4 Å². The van der Waals surface area contributed by atoms with E-state index >= 15 is 0 Å². The summed E-state index contributed by atoms with van der Waals surface area (Å²) in [5.41, 5.74) is 2.92. The van der Waals surface area contributed by atoms with Crippen LogP contribution in [0.25, 0.3) is 0 Å². The summed E-state index contributed by atoms with van der Waals surface area (Å²) in [5, 5.41) is 121. The number of aliphatic hydroxyl groups excluding tert-OH is 9. The van der Waals surface area contributed by atoms with Crippen LogP contribution in [0.5, 0.6) is 0 Å². The molecule has 0 aromatic heterocycles. The molecular formula is C55H67NO25. The smallest absolute Gasteiger partial charge is 0.410 e. The van der Waals surface area contributed by atoms with Crippen LogP contribution in [0.3, 0.4) is 0 Å². The number of carboxylic acid groups (broad SMARTS) is 2. The minimum atomic E-state index is -2.28. The zero-order valence-electron chi connectivity index (χ0n) is 43.3. The Labute approximate surface area is 463 Å². The van der Waals surface area contributed by atoms with Gasteiger partial charge in [0, 0.05) is 13.1 Å². The molecule has 8 rings (SSSR count). The number of amides is 1. The summed E-state index contributed by atoms with van der Waals surface area (Å²) >= 11 is 0. The van der Waals surface area contributed by atoms with Crippen LogP contribution in [-0.4, -0.2) is 228 Å². The van der Waals surface area contributed by atoms with Crippen molar-refractivity contribution < 1.29 is 123 Å². The van der Waals surface area contributed by atoms with Crippen molar-refractivity contribution in [2.24, 2.45) is 0 Å². The van der Waals surface area contributed by atoms with Crippen molar-refractivity contribution in [3.63, 3.8) is 0 Å². The Morgan fingerprint density at radius 2 is 0.815 bits per heavy atom. The number of hydrogen-bond donors (Lipinski definition) is 11. The maximum Gasteiger partial charge on any atom is 0.410 e. The molecule has 4 saturated heterocycles. The Hall–Kier alpha value is -5.67. The number of ether oxygens (including phenoxy) is 11. The molecule has 4 heterocycles. The third-order valence-electron chi connectivity index (χ3n) is 13.9. The molecule has 1 amide bonds. The Morgan fingerprint density at radius 3 is 1.31 bits per heavy atom. The fourth-order valence-corrected chi connectivity index (χ4v) is 9.47. The lowest BCUT2D eigenvalue weighted by Crippen LogP contribution is -2.68. The van der Waals surface area contributed by atoms with Gasteiger partial charge < -0.3 is 113 Å². The van der Waals surface area contributed by atoms with E-state index in [1.165, 1.54) is 4.90 Å². The molecule has 11 N–H and O–H groups in total. The predicted molar refractivity (Wildman–Crippen MR) is 270 cm³/mol. The molecule has 4 aliphatic heterocycles. The SMILES string of the molecule is O=C(O)[C@H]1O[C@@H](O[C@H]2[C@H](O)[C@@H](O)[C@H](O[C@@H]3[C@@H](O)[C@H](O[C@H]4[C@H](O)[C@@H](O)[C@H](OCCN(Cc5ccccc5)C(=O)OCc5ccccc5)O[C@@H]4COCc4ccccc4)O[C@H](C(=O)O)[C@H]3O)O[C@@H]2COCc2ccccc2)[C@H](O)[C@@H](O)[C@@H]1O. The van der Waals surface area contributed by atoms with Gasteiger partial charge in [0.15, 0.2) is 37.4 Å². The van der Waals surface area contributed by atoms with Crippen LogP contribution in [0.2, 0.25) is 0 Å². The summed E-state index contributed by atoms with van der Waals surface area (Å²) < 4.78 is 64.1. The number of rotatable bonds is 24. The van der Waals surface area contributed by atoms with E-state index in [0.717, 1.165) is 16.7 Å². The highest BCUT2D eigenvalue weighted by atomic mass is 16.8. The number of benzene rings is 4. The number of hydrogen-bond acceptors (Lipinski definition) is 23. The molecule has 4 aromatic rings. The van der Waals surface area contributed by atoms with Crippen LogP contribution in [0.15, 0.2) is 121 Å². The Kier molecular flexibility index (Phi) is 22.0. The molecule has 4 fully saturated rings. The molecule has 4 aliphatic rings. The predicted octanol–water partition coefficient (Wildman–Crippen LogP) is -1.25. The molecular weight excluding hydrogens is 1070 g/mol. The number of carbonyl (C=O) groups excluding carboxylic acids is 1. The fourth-order valence-electron chi connectivity index (χ4n) is 9.47. The zero-order valence-corrected chi connectivity index (χ0v) is 43.3. The maximum atomic E-state index is 13.5. The van der Waals surface area contributed by atoms with Crippen molar-refractivity contribution in [2.45, 2.75) is 149 Å². The minimum Gasteiger partial charge on any atom is -0.479 e. The molecule has 20 atom stereocenters. The van der Waals surface area contributed by atoms with Gasteiger partial charge in [-0.2, -0.15) is 0 Å². The van der Waals surface area contributed by atoms with Gasteiger partial charge in [0.25, 0.3) is 0 Å². The topological polar surface area (TPSA) is 379 Å².